The highest BCUT2D eigenvalue weighted by atomic mass is 32.2. The molecule has 7 nitrogen and oxygen atoms in total. The Morgan fingerprint density at radius 3 is 2.16 bits per heavy atom. The predicted octanol–water partition coefficient (Wildman–Crippen LogP) is 3.28. The average Bonchev–Trinajstić information content (AvgIpc) is 2.80. The monoisotopic (exact) mass is 438 g/mol. The van der Waals surface area contributed by atoms with Gasteiger partial charge in [-0.25, -0.2) is 8.42 Å². The summed E-state index contributed by atoms with van der Waals surface area (Å²) in [4.78, 5) is 2.36. The zero-order chi connectivity index (χ0) is 22.0. The maximum absolute atomic E-state index is 13.0. The smallest absolute Gasteiger partial charge is 0.243 e. The van der Waals surface area contributed by atoms with Crippen molar-refractivity contribution in [1.82, 2.24) is 14.5 Å². The predicted molar refractivity (Wildman–Crippen MR) is 121 cm³/mol. The van der Waals surface area contributed by atoms with E-state index in [1.807, 2.05) is 38.1 Å². The highest BCUT2D eigenvalue weighted by molar-refractivity contribution is 7.89. The van der Waals surface area contributed by atoms with Crippen molar-refractivity contribution in [3.63, 3.8) is 0 Å². The van der Waals surface area contributed by atoms with Gasteiger partial charge in [-0.3, -0.25) is 0 Å². The molecule has 1 aliphatic heterocycles. The third-order valence-electron chi connectivity index (χ3n) is 5.56. The van der Waals surface area contributed by atoms with E-state index in [4.69, 9.17) is 4.74 Å². The van der Waals surface area contributed by atoms with Gasteiger partial charge in [-0.1, -0.05) is 29.8 Å². The Morgan fingerprint density at radius 2 is 1.58 bits per heavy atom. The lowest BCUT2D eigenvalue weighted by atomic mass is 10.1. The van der Waals surface area contributed by atoms with Gasteiger partial charge in [0.25, 0.3) is 0 Å². The molecule has 8 heteroatoms. The van der Waals surface area contributed by atoms with E-state index < -0.39 is 10.0 Å². The zero-order valence-electron chi connectivity index (χ0n) is 17.9. The molecule has 162 valence electrons. The van der Waals surface area contributed by atoms with Gasteiger partial charge in [-0.05, 0) is 49.7 Å². The number of nitrogens with zero attached hydrogens (tertiary/aromatic N) is 4. The fourth-order valence-corrected chi connectivity index (χ4v) is 5.20. The Hall–Kier alpha value is -2.97. The van der Waals surface area contributed by atoms with Crippen LogP contribution >= 0.6 is 0 Å². The van der Waals surface area contributed by atoms with Crippen molar-refractivity contribution in [2.24, 2.45) is 0 Å². The number of rotatable bonds is 5. The molecule has 0 spiro atoms. The highest BCUT2D eigenvalue weighted by Gasteiger charge is 2.29. The van der Waals surface area contributed by atoms with E-state index in [0.717, 1.165) is 22.6 Å². The van der Waals surface area contributed by atoms with Crippen molar-refractivity contribution in [2.75, 3.05) is 38.2 Å². The molecule has 1 aliphatic rings. The van der Waals surface area contributed by atoms with Gasteiger partial charge in [0, 0.05) is 31.7 Å². The molecule has 0 amide bonds. The number of anilines is 1. The molecule has 3 aromatic rings. The van der Waals surface area contributed by atoms with Crippen molar-refractivity contribution in [3.8, 4) is 17.0 Å². The van der Waals surface area contributed by atoms with Gasteiger partial charge >= 0.3 is 0 Å². The molecule has 31 heavy (non-hydrogen) atoms. The maximum Gasteiger partial charge on any atom is 0.243 e. The second-order valence-corrected chi connectivity index (χ2v) is 9.60. The van der Waals surface area contributed by atoms with Crippen molar-refractivity contribution >= 4 is 15.8 Å². The van der Waals surface area contributed by atoms with Gasteiger partial charge in [0.2, 0.25) is 10.0 Å². The number of hydrogen-bond donors (Lipinski definition) is 0. The van der Waals surface area contributed by atoms with Crippen LogP contribution in [0.2, 0.25) is 0 Å². The molecule has 4 rings (SSSR count). The second kappa shape index (κ2) is 8.64. The molecule has 0 radical (unpaired) electrons. The molecule has 0 saturated carbocycles. The summed E-state index contributed by atoms with van der Waals surface area (Å²) in [5.41, 5.74) is 3.84. The number of aromatic nitrogens is 2. The summed E-state index contributed by atoms with van der Waals surface area (Å²) < 4.78 is 32.9. The van der Waals surface area contributed by atoms with Crippen molar-refractivity contribution < 1.29 is 13.2 Å². The van der Waals surface area contributed by atoms with Crippen LogP contribution in [0.1, 0.15) is 11.1 Å². The molecular weight excluding hydrogens is 412 g/mol. The topological polar surface area (TPSA) is 75.6 Å². The molecular formula is C23H26N4O3S. The van der Waals surface area contributed by atoms with E-state index in [1.165, 1.54) is 9.87 Å². The van der Waals surface area contributed by atoms with E-state index in [-0.39, 0.29) is 0 Å². The summed E-state index contributed by atoms with van der Waals surface area (Å²) in [5, 5.41) is 8.73. The van der Waals surface area contributed by atoms with Crippen LogP contribution in [0.15, 0.2) is 59.5 Å². The van der Waals surface area contributed by atoms with Crippen LogP contribution in [0.25, 0.3) is 11.3 Å². The number of aryl methyl sites for hydroxylation is 2. The second-order valence-electron chi connectivity index (χ2n) is 7.67. The lowest BCUT2D eigenvalue weighted by molar-refractivity contribution is 0.383. The average molecular weight is 439 g/mol. The van der Waals surface area contributed by atoms with Crippen LogP contribution in [-0.4, -0.2) is 56.2 Å². The lowest BCUT2D eigenvalue weighted by Gasteiger charge is -2.34. The van der Waals surface area contributed by atoms with Gasteiger partial charge < -0.3 is 9.64 Å². The number of benzene rings is 2. The van der Waals surface area contributed by atoms with E-state index in [1.54, 1.807) is 25.3 Å². The van der Waals surface area contributed by atoms with Crippen LogP contribution in [0, 0.1) is 13.8 Å². The summed E-state index contributed by atoms with van der Waals surface area (Å²) in [6.45, 7) is 5.81. The van der Waals surface area contributed by atoms with E-state index in [0.29, 0.717) is 36.8 Å². The Labute approximate surface area is 183 Å². The molecule has 2 aromatic carbocycles. The van der Waals surface area contributed by atoms with Crippen molar-refractivity contribution in [1.29, 1.82) is 0 Å². The minimum Gasteiger partial charge on any atom is -0.496 e. The number of hydrogen-bond acceptors (Lipinski definition) is 6. The SMILES string of the molecule is COc1ccc(S(=O)(=O)N2CCN(c3ccc(-c4ccc(C)cc4)nn3)CC2)cc1C. The number of ether oxygens (including phenoxy) is 1. The van der Waals surface area contributed by atoms with Gasteiger partial charge in [0.1, 0.15) is 5.75 Å². The Morgan fingerprint density at radius 1 is 0.871 bits per heavy atom. The molecule has 0 atom stereocenters. The Kier molecular flexibility index (Phi) is 5.93. The molecule has 0 N–H and O–H groups in total. The van der Waals surface area contributed by atoms with Crippen LogP contribution in [0.4, 0.5) is 5.82 Å². The number of methoxy groups -OCH3 is 1. The Balaban J connectivity index is 1.43. The molecule has 2 heterocycles. The summed E-state index contributed by atoms with van der Waals surface area (Å²) >= 11 is 0. The first-order valence-electron chi connectivity index (χ1n) is 10.2. The van der Waals surface area contributed by atoms with Crippen LogP contribution in [0.3, 0.4) is 0 Å². The fraction of sp³-hybridized carbons (Fsp3) is 0.304. The standard InChI is InChI=1S/C23H26N4O3S/c1-17-4-6-19(7-5-17)21-9-11-23(25-24-21)26-12-14-27(15-13-26)31(28,29)20-8-10-22(30-3)18(2)16-20/h4-11,16H,12-15H2,1-3H3. The molecule has 1 saturated heterocycles. The molecule has 0 bridgehead atoms. The first kappa shape index (κ1) is 21.3. The largest absolute Gasteiger partial charge is 0.496 e. The van der Waals surface area contributed by atoms with Gasteiger partial charge in [-0.15, -0.1) is 10.2 Å². The maximum atomic E-state index is 13.0. The quantitative estimate of drug-likeness (QED) is 0.609. The molecule has 1 aromatic heterocycles. The van der Waals surface area contributed by atoms with Crippen LogP contribution < -0.4 is 9.64 Å². The zero-order valence-corrected chi connectivity index (χ0v) is 18.8. The molecule has 0 unspecified atom stereocenters. The van der Waals surface area contributed by atoms with Gasteiger partial charge in [-0.2, -0.15) is 4.31 Å². The first-order valence-corrected chi connectivity index (χ1v) is 11.6. The summed E-state index contributed by atoms with van der Waals surface area (Å²) in [7, 11) is -1.97. The van der Waals surface area contributed by atoms with Gasteiger partial charge in [0.05, 0.1) is 17.7 Å². The number of piperazine rings is 1. The molecule has 1 fully saturated rings. The first-order chi connectivity index (χ1) is 14.9. The minimum absolute atomic E-state index is 0.293. The van der Waals surface area contributed by atoms with Crippen molar-refractivity contribution in [2.45, 2.75) is 18.7 Å². The van der Waals surface area contributed by atoms with Crippen LogP contribution in [0.5, 0.6) is 5.75 Å². The summed E-state index contributed by atoms with van der Waals surface area (Å²) in [5.74, 6) is 1.43. The van der Waals surface area contributed by atoms with Gasteiger partial charge in [0.15, 0.2) is 5.82 Å². The molecule has 0 aliphatic carbocycles. The fourth-order valence-electron chi connectivity index (χ4n) is 3.69. The normalized spacial score (nSPS) is 15.1. The summed E-state index contributed by atoms with van der Waals surface area (Å²) in [6, 6.07) is 17.0. The lowest BCUT2D eigenvalue weighted by Crippen LogP contribution is -2.49. The van der Waals surface area contributed by atoms with Crippen LogP contribution in [-0.2, 0) is 10.0 Å². The van der Waals surface area contributed by atoms with E-state index in [9.17, 15) is 8.42 Å². The van der Waals surface area contributed by atoms with Crippen molar-refractivity contribution in [3.05, 3.63) is 65.7 Å². The minimum atomic E-state index is -3.55. The van der Waals surface area contributed by atoms with E-state index in [2.05, 4.69) is 27.2 Å². The number of sulfonamides is 1. The third kappa shape index (κ3) is 4.40. The van der Waals surface area contributed by atoms with E-state index >= 15 is 0 Å². The summed E-state index contributed by atoms with van der Waals surface area (Å²) in [6.07, 6.45) is 0. The Bertz CT molecular complexity index is 1150. The third-order valence-corrected chi connectivity index (χ3v) is 7.46. The highest BCUT2D eigenvalue weighted by Crippen LogP contribution is 2.25.